The molecule has 0 radical (unpaired) electrons. The highest BCUT2D eigenvalue weighted by molar-refractivity contribution is 5.73. The summed E-state index contributed by atoms with van der Waals surface area (Å²) in [5.41, 5.74) is 0. The molecular weight excluding hydrogens is 352 g/mol. The van der Waals surface area contributed by atoms with Crippen LogP contribution < -0.4 is 0 Å². The first-order valence-corrected chi connectivity index (χ1v) is 6.83. The molecule has 0 aliphatic carbocycles. The van der Waals surface area contributed by atoms with Crippen molar-refractivity contribution in [1.29, 1.82) is 0 Å². The number of aliphatic hydroxyl groups is 6. The van der Waals surface area contributed by atoms with Crippen molar-refractivity contribution < 1.29 is 64.7 Å². The van der Waals surface area contributed by atoms with Crippen LogP contribution in [-0.2, 0) is 23.9 Å². The minimum Gasteiger partial charge on any atom is -0.479 e. The fraction of sp³-hybridized carbons (Fsp3) is 0.750. The molecule has 0 amide bonds. The van der Waals surface area contributed by atoms with Gasteiger partial charge in [-0.05, 0) is 0 Å². The van der Waals surface area contributed by atoms with E-state index in [2.05, 4.69) is 0 Å². The molecule has 1 heterocycles. The van der Waals surface area contributed by atoms with Gasteiger partial charge in [-0.1, -0.05) is 0 Å². The predicted molar refractivity (Wildman–Crippen MR) is 70.9 cm³/mol. The first-order valence-electron chi connectivity index (χ1n) is 6.83. The number of carbonyl (C=O) groups is 3. The molecule has 0 aromatic carbocycles. The molecule has 144 valence electrons. The van der Waals surface area contributed by atoms with Crippen LogP contribution in [0.2, 0.25) is 0 Å². The van der Waals surface area contributed by atoms with Gasteiger partial charge in [0.1, 0.15) is 36.6 Å². The van der Waals surface area contributed by atoms with E-state index in [-0.39, 0.29) is 6.29 Å². The van der Waals surface area contributed by atoms with Crippen LogP contribution in [0.5, 0.6) is 0 Å². The van der Waals surface area contributed by atoms with Crippen molar-refractivity contribution in [2.75, 3.05) is 0 Å². The number of aliphatic carboxylic acids is 2. The third-order valence-corrected chi connectivity index (χ3v) is 3.49. The van der Waals surface area contributed by atoms with Crippen LogP contribution in [-0.4, -0.2) is 114 Å². The Labute approximate surface area is 139 Å². The van der Waals surface area contributed by atoms with Crippen LogP contribution in [0.4, 0.5) is 0 Å². The third-order valence-electron chi connectivity index (χ3n) is 3.49. The summed E-state index contributed by atoms with van der Waals surface area (Å²) in [5, 5.41) is 75.1. The standard InChI is InChI=1S/C12H18O13/c13-1-2(14)3(15)8(7(19)10(20)21)24-12-6(18)4(16)5(17)9(25-12)11(22)23/h1-9,12,14-19H,(H,20,21)(H,22,23)/t2-,3-,4+,5+,6-,7+,8+,9+,12-/m0/s1. The summed E-state index contributed by atoms with van der Waals surface area (Å²) in [6, 6.07) is 0. The van der Waals surface area contributed by atoms with E-state index >= 15 is 0 Å². The van der Waals surface area contributed by atoms with Crippen molar-refractivity contribution >= 4 is 18.2 Å². The first-order chi connectivity index (χ1) is 11.5. The van der Waals surface area contributed by atoms with Crippen molar-refractivity contribution in [3.05, 3.63) is 0 Å². The lowest BCUT2D eigenvalue weighted by Gasteiger charge is -2.40. The van der Waals surface area contributed by atoms with Gasteiger partial charge in [0.05, 0.1) is 0 Å². The van der Waals surface area contributed by atoms with Crippen LogP contribution in [0.3, 0.4) is 0 Å². The molecule has 1 fully saturated rings. The number of carboxylic acid groups (broad SMARTS) is 2. The van der Waals surface area contributed by atoms with Gasteiger partial charge in [0.15, 0.2) is 24.8 Å². The summed E-state index contributed by atoms with van der Waals surface area (Å²) in [4.78, 5) is 32.3. The molecule has 0 spiro atoms. The molecular formula is C12H18O13. The fourth-order valence-electron chi connectivity index (χ4n) is 2.08. The van der Waals surface area contributed by atoms with Gasteiger partial charge in [-0.15, -0.1) is 0 Å². The van der Waals surface area contributed by atoms with Gasteiger partial charge < -0.3 is 55.1 Å². The van der Waals surface area contributed by atoms with Gasteiger partial charge in [-0.25, -0.2) is 9.59 Å². The Hall–Kier alpha value is -1.71. The molecule has 25 heavy (non-hydrogen) atoms. The smallest absolute Gasteiger partial charge is 0.335 e. The summed E-state index contributed by atoms with van der Waals surface area (Å²) >= 11 is 0. The summed E-state index contributed by atoms with van der Waals surface area (Å²) < 4.78 is 9.50. The lowest BCUT2D eigenvalue weighted by atomic mass is 9.98. The highest BCUT2D eigenvalue weighted by Gasteiger charge is 2.50. The number of aliphatic hydroxyl groups excluding tert-OH is 6. The van der Waals surface area contributed by atoms with Crippen molar-refractivity contribution in [1.82, 2.24) is 0 Å². The normalized spacial score (nSPS) is 34.6. The minimum absolute atomic E-state index is 0.188. The number of hydrogen-bond donors (Lipinski definition) is 8. The van der Waals surface area contributed by atoms with E-state index in [1.165, 1.54) is 0 Å². The number of ether oxygens (including phenoxy) is 2. The van der Waals surface area contributed by atoms with Crippen molar-refractivity contribution in [3.63, 3.8) is 0 Å². The van der Waals surface area contributed by atoms with Crippen LogP contribution in [0.15, 0.2) is 0 Å². The molecule has 13 nitrogen and oxygen atoms in total. The molecule has 1 rings (SSSR count). The number of aldehydes is 1. The van der Waals surface area contributed by atoms with Crippen molar-refractivity contribution in [2.24, 2.45) is 0 Å². The Morgan fingerprint density at radius 2 is 1.56 bits per heavy atom. The lowest BCUT2D eigenvalue weighted by Crippen LogP contribution is -2.62. The Morgan fingerprint density at radius 3 is 2.00 bits per heavy atom. The Kier molecular flexibility index (Phi) is 7.33. The van der Waals surface area contributed by atoms with E-state index in [0.717, 1.165) is 0 Å². The molecule has 0 bridgehead atoms. The second kappa shape index (κ2) is 8.59. The lowest BCUT2D eigenvalue weighted by molar-refractivity contribution is -0.318. The average Bonchev–Trinajstić information content (AvgIpc) is 2.56. The molecule has 0 saturated carbocycles. The van der Waals surface area contributed by atoms with Gasteiger partial charge in [0.2, 0.25) is 0 Å². The first kappa shape index (κ1) is 21.3. The topological polar surface area (TPSA) is 232 Å². The SMILES string of the molecule is O=C[C@H](O)[C@H](O)[C@@H](O[C@H]1O[C@@H](C(=O)O)[C@H](O)[C@@H](O)[C@@H]1O)[C@@H](O)C(=O)O. The van der Waals surface area contributed by atoms with E-state index in [9.17, 15) is 45.0 Å². The minimum atomic E-state index is -2.52. The zero-order valence-corrected chi connectivity index (χ0v) is 12.4. The summed E-state index contributed by atoms with van der Waals surface area (Å²) in [7, 11) is 0. The van der Waals surface area contributed by atoms with E-state index in [0.29, 0.717) is 0 Å². The molecule has 13 heteroatoms. The number of carbonyl (C=O) groups excluding carboxylic acids is 1. The molecule has 1 aliphatic rings. The van der Waals surface area contributed by atoms with Gasteiger partial charge in [-0.3, -0.25) is 0 Å². The predicted octanol–water partition coefficient (Wildman–Crippen LogP) is -5.37. The van der Waals surface area contributed by atoms with Crippen LogP contribution in [0, 0.1) is 0 Å². The Balaban J connectivity index is 3.06. The highest BCUT2D eigenvalue weighted by atomic mass is 16.7. The maximum atomic E-state index is 11.0. The second-order valence-electron chi connectivity index (χ2n) is 5.24. The summed E-state index contributed by atoms with van der Waals surface area (Å²) in [5.74, 6) is -3.70. The van der Waals surface area contributed by atoms with Gasteiger partial charge in [0, 0.05) is 0 Å². The monoisotopic (exact) mass is 370 g/mol. The number of rotatable bonds is 8. The maximum Gasteiger partial charge on any atom is 0.335 e. The van der Waals surface area contributed by atoms with Gasteiger partial charge >= 0.3 is 11.9 Å². The zero-order valence-electron chi connectivity index (χ0n) is 12.4. The van der Waals surface area contributed by atoms with Crippen molar-refractivity contribution in [3.8, 4) is 0 Å². The summed E-state index contributed by atoms with van der Waals surface area (Å²) in [6.45, 7) is 0. The Morgan fingerprint density at radius 1 is 1.00 bits per heavy atom. The second-order valence-corrected chi connectivity index (χ2v) is 5.24. The molecule has 0 aromatic rings. The molecule has 1 aliphatic heterocycles. The fourth-order valence-corrected chi connectivity index (χ4v) is 2.08. The average molecular weight is 370 g/mol. The number of carboxylic acids is 2. The van der Waals surface area contributed by atoms with E-state index in [4.69, 9.17) is 19.7 Å². The molecule has 8 N–H and O–H groups in total. The van der Waals surface area contributed by atoms with Crippen molar-refractivity contribution in [2.45, 2.75) is 55.1 Å². The number of hydrogen-bond acceptors (Lipinski definition) is 11. The van der Waals surface area contributed by atoms with Gasteiger partial charge in [-0.2, -0.15) is 0 Å². The Bertz CT molecular complexity index is 495. The largest absolute Gasteiger partial charge is 0.479 e. The van der Waals surface area contributed by atoms with Crippen LogP contribution in [0.25, 0.3) is 0 Å². The quantitative estimate of drug-likeness (QED) is 0.187. The molecule has 9 atom stereocenters. The van der Waals surface area contributed by atoms with E-state index in [1.807, 2.05) is 0 Å². The summed E-state index contributed by atoms with van der Waals surface area (Å²) in [6.07, 6.45) is -19.9. The van der Waals surface area contributed by atoms with Crippen LogP contribution in [0.1, 0.15) is 0 Å². The van der Waals surface area contributed by atoms with E-state index < -0.39 is 67.1 Å². The zero-order chi connectivity index (χ0) is 19.5. The van der Waals surface area contributed by atoms with Gasteiger partial charge in [0.25, 0.3) is 0 Å². The third kappa shape index (κ3) is 4.68. The highest BCUT2D eigenvalue weighted by Crippen LogP contribution is 2.25. The molecule has 0 aromatic heterocycles. The maximum absolute atomic E-state index is 11.0. The molecule has 1 saturated heterocycles. The van der Waals surface area contributed by atoms with Crippen LogP contribution >= 0.6 is 0 Å². The molecule has 0 unspecified atom stereocenters. The van der Waals surface area contributed by atoms with E-state index in [1.54, 1.807) is 0 Å².